The average molecular weight is 311 g/mol. The number of sulfone groups is 1. The SMILES string of the molecule is CC(C)NCCC1(Oc2cccc(S(C)(=O)=O)c2)CCC1. The van der Waals surface area contributed by atoms with E-state index in [-0.39, 0.29) is 5.60 Å². The van der Waals surface area contributed by atoms with Gasteiger partial charge in [0.15, 0.2) is 9.84 Å². The predicted molar refractivity (Wildman–Crippen MR) is 84.5 cm³/mol. The number of hydrogen-bond donors (Lipinski definition) is 1. The highest BCUT2D eigenvalue weighted by molar-refractivity contribution is 7.90. The summed E-state index contributed by atoms with van der Waals surface area (Å²) in [5, 5.41) is 3.41. The van der Waals surface area contributed by atoms with Crippen molar-refractivity contribution in [1.29, 1.82) is 0 Å². The smallest absolute Gasteiger partial charge is 0.175 e. The molecule has 118 valence electrons. The van der Waals surface area contributed by atoms with Gasteiger partial charge in [-0.25, -0.2) is 8.42 Å². The standard InChI is InChI=1S/C16H25NO3S/c1-13(2)17-11-10-16(8-5-9-16)20-14-6-4-7-15(12-14)21(3,18)19/h4,6-7,12-13,17H,5,8-11H2,1-3H3. The van der Waals surface area contributed by atoms with Gasteiger partial charge in [-0.05, 0) is 50.4 Å². The van der Waals surface area contributed by atoms with E-state index in [1.54, 1.807) is 18.2 Å². The van der Waals surface area contributed by atoms with Crippen molar-refractivity contribution in [2.24, 2.45) is 0 Å². The summed E-state index contributed by atoms with van der Waals surface area (Å²) in [4.78, 5) is 0.315. The molecule has 0 unspecified atom stereocenters. The molecule has 0 bridgehead atoms. The number of hydrogen-bond acceptors (Lipinski definition) is 4. The van der Waals surface area contributed by atoms with Gasteiger partial charge in [0.05, 0.1) is 4.90 Å². The van der Waals surface area contributed by atoms with Crippen LogP contribution in [-0.2, 0) is 9.84 Å². The molecule has 0 amide bonds. The third-order valence-corrected chi connectivity index (χ3v) is 5.08. The molecular formula is C16H25NO3S. The minimum atomic E-state index is -3.19. The summed E-state index contributed by atoms with van der Waals surface area (Å²) in [6, 6.07) is 7.28. The van der Waals surface area contributed by atoms with Crippen molar-refractivity contribution in [1.82, 2.24) is 5.32 Å². The third-order valence-electron chi connectivity index (χ3n) is 3.97. The minimum Gasteiger partial charge on any atom is -0.487 e. The van der Waals surface area contributed by atoms with Crippen LogP contribution in [0.1, 0.15) is 39.5 Å². The van der Waals surface area contributed by atoms with Crippen molar-refractivity contribution in [3.63, 3.8) is 0 Å². The van der Waals surface area contributed by atoms with Crippen molar-refractivity contribution in [3.05, 3.63) is 24.3 Å². The highest BCUT2D eigenvalue weighted by atomic mass is 32.2. The van der Waals surface area contributed by atoms with E-state index >= 15 is 0 Å². The quantitative estimate of drug-likeness (QED) is 0.841. The molecule has 1 aromatic carbocycles. The van der Waals surface area contributed by atoms with Crippen LogP contribution in [0.5, 0.6) is 5.75 Å². The maximum Gasteiger partial charge on any atom is 0.175 e. The van der Waals surface area contributed by atoms with E-state index in [9.17, 15) is 8.42 Å². The third kappa shape index (κ3) is 4.45. The molecular weight excluding hydrogens is 286 g/mol. The summed E-state index contributed by atoms with van der Waals surface area (Å²) < 4.78 is 29.4. The summed E-state index contributed by atoms with van der Waals surface area (Å²) >= 11 is 0. The monoisotopic (exact) mass is 311 g/mol. The summed E-state index contributed by atoms with van der Waals surface area (Å²) in [5.41, 5.74) is -0.127. The maximum atomic E-state index is 11.6. The Hall–Kier alpha value is -1.07. The van der Waals surface area contributed by atoms with Crippen LogP contribution in [0.25, 0.3) is 0 Å². The molecule has 0 heterocycles. The molecule has 1 aliphatic carbocycles. The van der Waals surface area contributed by atoms with Crippen LogP contribution in [0.15, 0.2) is 29.2 Å². The van der Waals surface area contributed by atoms with E-state index in [4.69, 9.17) is 4.74 Å². The molecule has 0 aromatic heterocycles. The van der Waals surface area contributed by atoms with Crippen molar-refractivity contribution < 1.29 is 13.2 Å². The van der Waals surface area contributed by atoms with E-state index in [2.05, 4.69) is 19.2 Å². The molecule has 1 aliphatic rings. The van der Waals surface area contributed by atoms with Crippen molar-refractivity contribution in [2.75, 3.05) is 12.8 Å². The predicted octanol–water partition coefficient (Wildman–Crippen LogP) is 2.78. The lowest BCUT2D eigenvalue weighted by atomic mass is 9.77. The zero-order valence-electron chi connectivity index (χ0n) is 13.1. The number of ether oxygens (including phenoxy) is 1. The Kier molecular flexibility index (Phi) is 4.94. The number of rotatable bonds is 7. The van der Waals surface area contributed by atoms with E-state index in [0.29, 0.717) is 16.7 Å². The largest absolute Gasteiger partial charge is 0.487 e. The first-order valence-corrected chi connectivity index (χ1v) is 9.42. The van der Waals surface area contributed by atoms with Gasteiger partial charge in [0.25, 0.3) is 0 Å². The van der Waals surface area contributed by atoms with Crippen LogP contribution in [0.2, 0.25) is 0 Å². The van der Waals surface area contributed by atoms with E-state index in [1.165, 1.54) is 12.7 Å². The molecule has 21 heavy (non-hydrogen) atoms. The van der Waals surface area contributed by atoms with Gasteiger partial charge in [0, 0.05) is 12.3 Å². The summed E-state index contributed by atoms with van der Waals surface area (Å²) in [6.45, 7) is 5.18. The molecule has 0 aliphatic heterocycles. The van der Waals surface area contributed by atoms with Gasteiger partial charge in [-0.15, -0.1) is 0 Å². The lowest BCUT2D eigenvalue weighted by Gasteiger charge is -2.42. The van der Waals surface area contributed by atoms with Crippen molar-refractivity contribution in [2.45, 2.75) is 56.1 Å². The Morgan fingerprint density at radius 3 is 2.57 bits per heavy atom. The van der Waals surface area contributed by atoms with Crippen LogP contribution in [0.3, 0.4) is 0 Å². The van der Waals surface area contributed by atoms with Crippen LogP contribution in [0, 0.1) is 0 Å². The summed E-state index contributed by atoms with van der Waals surface area (Å²) in [5.74, 6) is 0.655. The molecule has 0 radical (unpaired) electrons. The second-order valence-corrected chi connectivity index (χ2v) is 8.26. The first kappa shape index (κ1) is 16.3. The first-order valence-electron chi connectivity index (χ1n) is 7.53. The molecule has 1 saturated carbocycles. The van der Waals surface area contributed by atoms with Gasteiger partial charge in [-0.1, -0.05) is 19.9 Å². The maximum absolute atomic E-state index is 11.6. The molecule has 1 aromatic rings. The summed E-state index contributed by atoms with van der Waals surface area (Å²) in [6.07, 6.45) is 5.42. The lowest BCUT2D eigenvalue weighted by molar-refractivity contribution is -0.0147. The van der Waals surface area contributed by atoms with Crippen molar-refractivity contribution >= 4 is 9.84 Å². The van der Waals surface area contributed by atoms with Gasteiger partial charge in [0.1, 0.15) is 11.4 Å². The van der Waals surface area contributed by atoms with E-state index in [0.717, 1.165) is 25.8 Å². The minimum absolute atomic E-state index is 0.127. The van der Waals surface area contributed by atoms with Gasteiger partial charge in [0.2, 0.25) is 0 Å². The molecule has 1 N–H and O–H groups in total. The van der Waals surface area contributed by atoms with Crippen LogP contribution >= 0.6 is 0 Å². The Bertz CT molecular complexity index is 577. The average Bonchev–Trinajstić information content (AvgIpc) is 2.34. The fourth-order valence-corrected chi connectivity index (χ4v) is 3.24. The molecule has 5 heteroatoms. The highest BCUT2D eigenvalue weighted by Gasteiger charge is 2.38. The molecule has 2 rings (SSSR count). The highest BCUT2D eigenvalue weighted by Crippen LogP contribution is 2.39. The zero-order valence-corrected chi connectivity index (χ0v) is 13.9. The van der Waals surface area contributed by atoms with Gasteiger partial charge < -0.3 is 10.1 Å². The second kappa shape index (κ2) is 6.36. The Balaban J connectivity index is 2.05. The molecule has 0 atom stereocenters. The van der Waals surface area contributed by atoms with Crippen molar-refractivity contribution in [3.8, 4) is 5.75 Å². The van der Waals surface area contributed by atoms with Crippen LogP contribution in [-0.4, -0.2) is 32.9 Å². The molecule has 0 saturated heterocycles. The molecule has 1 fully saturated rings. The van der Waals surface area contributed by atoms with Crippen LogP contribution < -0.4 is 10.1 Å². The number of nitrogens with one attached hydrogen (secondary N) is 1. The second-order valence-electron chi connectivity index (χ2n) is 6.24. The topological polar surface area (TPSA) is 55.4 Å². The Morgan fingerprint density at radius 2 is 2.05 bits per heavy atom. The fourth-order valence-electron chi connectivity index (χ4n) is 2.58. The lowest BCUT2D eigenvalue weighted by Crippen LogP contribution is -2.46. The van der Waals surface area contributed by atoms with E-state index < -0.39 is 9.84 Å². The van der Waals surface area contributed by atoms with E-state index in [1.807, 2.05) is 6.07 Å². The molecule has 0 spiro atoms. The normalized spacial score (nSPS) is 17.5. The van der Waals surface area contributed by atoms with Gasteiger partial charge >= 0.3 is 0 Å². The zero-order chi connectivity index (χ0) is 15.5. The summed E-state index contributed by atoms with van der Waals surface area (Å²) in [7, 11) is -3.19. The Labute approximate surface area is 127 Å². The Morgan fingerprint density at radius 1 is 1.33 bits per heavy atom. The van der Waals surface area contributed by atoms with Gasteiger partial charge in [-0.2, -0.15) is 0 Å². The first-order chi connectivity index (χ1) is 9.81. The fraction of sp³-hybridized carbons (Fsp3) is 0.625. The van der Waals surface area contributed by atoms with Crippen LogP contribution in [0.4, 0.5) is 0 Å². The number of benzene rings is 1. The molecule has 4 nitrogen and oxygen atoms in total. The van der Waals surface area contributed by atoms with Gasteiger partial charge in [-0.3, -0.25) is 0 Å².